The highest BCUT2D eigenvalue weighted by Crippen LogP contribution is 2.14. The van der Waals surface area contributed by atoms with Crippen LogP contribution in [0.3, 0.4) is 0 Å². The second-order valence-corrected chi connectivity index (χ2v) is 4.61. The normalized spacial score (nSPS) is 9.65. The standard InChI is InChI=1S/C12H10N2OS2/c15-11(9-5-2-1-3-6-9)14-12(16)13-10-7-4-8-17-10/h1-8H,(H2,13,14,15,16). The zero-order valence-electron chi connectivity index (χ0n) is 8.84. The second-order valence-electron chi connectivity index (χ2n) is 3.25. The van der Waals surface area contributed by atoms with Crippen molar-refractivity contribution in [2.24, 2.45) is 0 Å². The van der Waals surface area contributed by atoms with Gasteiger partial charge in [-0.2, -0.15) is 0 Å². The van der Waals surface area contributed by atoms with Crippen molar-refractivity contribution in [3.8, 4) is 0 Å². The Kier molecular flexibility index (Phi) is 3.85. The number of hydrogen-bond acceptors (Lipinski definition) is 3. The van der Waals surface area contributed by atoms with Crippen LogP contribution < -0.4 is 10.6 Å². The van der Waals surface area contributed by atoms with E-state index in [9.17, 15) is 4.79 Å². The average molecular weight is 262 g/mol. The van der Waals surface area contributed by atoms with Crippen LogP contribution in [0.15, 0.2) is 47.8 Å². The fourth-order valence-corrected chi connectivity index (χ4v) is 2.15. The van der Waals surface area contributed by atoms with E-state index in [0.29, 0.717) is 10.7 Å². The Labute approximate surface area is 108 Å². The largest absolute Gasteiger partial charge is 0.324 e. The molecule has 0 unspecified atom stereocenters. The Morgan fingerprint density at radius 3 is 2.53 bits per heavy atom. The maximum absolute atomic E-state index is 11.7. The molecule has 1 amide bonds. The van der Waals surface area contributed by atoms with Gasteiger partial charge in [-0.05, 0) is 41.9 Å². The molecule has 0 spiro atoms. The van der Waals surface area contributed by atoms with Gasteiger partial charge in [0.15, 0.2) is 5.11 Å². The smallest absolute Gasteiger partial charge is 0.257 e. The summed E-state index contributed by atoms with van der Waals surface area (Å²) in [5.41, 5.74) is 0.586. The molecule has 0 aliphatic rings. The summed E-state index contributed by atoms with van der Waals surface area (Å²) in [5.74, 6) is -0.209. The lowest BCUT2D eigenvalue weighted by Gasteiger charge is -2.07. The maximum atomic E-state index is 11.7. The van der Waals surface area contributed by atoms with Gasteiger partial charge in [-0.3, -0.25) is 10.1 Å². The average Bonchev–Trinajstić information content (AvgIpc) is 2.82. The highest BCUT2D eigenvalue weighted by atomic mass is 32.1. The van der Waals surface area contributed by atoms with E-state index >= 15 is 0 Å². The second kappa shape index (κ2) is 5.56. The van der Waals surface area contributed by atoms with Crippen molar-refractivity contribution in [3.63, 3.8) is 0 Å². The van der Waals surface area contributed by atoms with Crippen LogP contribution in [0.5, 0.6) is 0 Å². The Morgan fingerprint density at radius 2 is 1.88 bits per heavy atom. The van der Waals surface area contributed by atoms with E-state index in [-0.39, 0.29) is 5.91 Å². The Hall–Kier alpha value is -1.72. The zero-order valence-corrected chi connectivity index (χ0v) is 10.5. The predicted molar refractivity (Wildman–Crippen MR) is 74.4 cm³/mol. The first-order valence-electron chi connectivity index (χ1n) is 4.96. The molecule has 1 heterocycles. The topological polar surface area (TPSA) is 41.1 Å². The number of anilines is 1. The molecular weight excluding hydrogens is 252 g/mol. The van der Waals surface area contributed by atoms with Crippen molar-refractivity contribution in [3.05, 3.63) is 53.4 Å². The summed E-state index contributed by atoms with van der Waals surface area (Å²) in [6, 6.07) is 12.8. The molecule has 0 aliphatic carbocycles. The van der Waals surface area contributed by atoms with Gasteiger partial charge in [-0.15, -0.1) is 11.3 Å². The minimum Gasteiger partial charge on any atom is -0.324 e. The fourth-order valence-electron chi connectivity index (χ4n) is 1.26. The number of thiophene rings is 1. The van der Waals surface area contributed by atoms with Crippen molar-refractivity contribution >= 4 is 39.6 Å². The van der Waals surface area contributed by atoms with Gasteiger partial charge in [0.25, 0.3) is 5.91 Å². The Balaban J connectivity index is 1.93. The molecule has 0 atom stereocenters. The molecule has 0 radical (unpaired) electrons. The van der Waals surface area contributed by atoms with E-state index in [4.69, 9.17) is 12.2 Å². The fraction of sp³-hybridized carbons (Fsp3) is 0. The van der Waals surface area contributed by atoms with Crippen LogP contribution in [-0.4, -0.2) is 11.0 Å². The van der Waals surface area contributed by atoms with Crippen molar-refractivity contribution in [2.75, 3.05) is 5.32 Å². The summed E-state index contributed by atoms with van der Waals surface area (Å²) in [6.07, 6.45) is 0. The van der Waals surface area contributed by atoms with Crippen molar-refractivity contribution in [1.29, 1.82) is 0 Å². The van der Waals surface area contributed by atoms with Crippen molar-refractivity contribution in [1.82, 2.24) is 5.32 Å². The summed E-state index contributed by atoms with van der Waals surface area (Å²) >= 11 is 6.57. The van der Waals surface area contributed by atoms with Gasteiger partial charge < -0.3 is 5.32 Å². The van der Waals surface area contributed by atoms with Crippen LogP contribution in [-0.2, 0) is 0 Å². The number of carbonyl (C=O) groups is 1. The predicted octanol–water partition coefficient (Wildman–Crippen LogP) is 2.87. The summed E-state index contributed by atoms with van der Waals surface area (Å²) in [7, 11) is 0. The molecule has 2 rings (SSSR count). The number of amides is 1. The quantitative estimate of drug-likeness (QED) is 0.818. The molecule has 0 saturated carbocycles. The Morgan fingerprint density at radius 1 is 1.12 bits per heavy atom. The molecule has 0 aliphatic heterocycles. The molecule has 3 nitrogen and oxygen atoms in total. The molecule has 2 N–H and O–H groups in total. The lowest BCUT2D eigenvalue weighted by atomic mass is 10.2. The first-order valence-corrected chi connectivity index (χ1v) is 6.25. The molecule has 1 aromatic heterocycles. The molecule has 86 valence electrons. The molecule has 17 heavy (non-hydrogen) atoms. The van der Waals surface area contributed by atoms with E-state index in [1.54, 1.807) is 12.1 Å². The SMILES string of the molecule is O=C(NC(=S)Nc1cccs1)c1ccccc1. The zero-order chi connectivity index (χ0) is 12.1. The van der Waals surface area contributed by atoms with Gasteiger partial charge >= 0.3 is 0 Å². The number of carbonyl (C=O) groups excluding carboxylic acids is 1. The monoisotopic (exact) mass is 262 g/mol. The molecule has 0 saturated heterocycles. The van der Waals surface area contributed by atoms with E-state index in [1.165, 1.54) is 11.3 Å². The third kappa shape index (κ3) is 3.37. The highest BCUT2D eigenvalue weighted by molar-refractivity contribution is 7.80. The van der Waals surface area contributed by atoms with Crippen LogP contribution in [0.1, 0.15) is 10.4 Å². The maximum Gasteiger partial charge on any atom is 0.257 e. The van der Waals surface area contributed by atoms with E-state index in [1.807, 2.05) is 35.7 Å². The van der Waals surface area contributed by atoms with Gasteiger partial charge in [0, 0.05) is 5.56 Å². The number of benzene rings is 1. The Bertz CT molecular complexity index is 509. The number of thiocarbonyl (C=S) groups is 1. The summed E-state index contributed by atoms with van der Waals surface area (Å²) in [5, 5.41) is 8.71. The highest BCUT2D eigenvalue weighted by Gasteiger charge is 2.06. The molecule has 0 bridgehead atoms. The third-order valence-electron chi connectivity index (χ3n) is 2.02. The van der Waals surface area contributed by atoms with Gasteiger partial charge in [0.05, 0.1) is 5.00 Å². The van der Waals surface area contributed by atoms with E-state index < -0.39 is 0 Å². The van der Waals surface area contributed by atoms with Crippen molar-refractivity contribution in [2.45, 2.75) is 0 Å². The summed E-state index contributed by atoms with van der Waals surface area (Å²) in [4.78, 5) is 11.7. The van der Waals surface area contributed by atoms with Crippen LogP contribution >= 0.6 is 23.6 Å². The number of rotatable bonds is 2. The summed E-state index contributed by atoms with van der Waals surface area (Å²) < 4.78 is 0. The van der Waals surface area contributed by atoms with Crippen LogP contribution in [0.25, 0.3) is 0 Å². The van der Waals surface area contributed by atoms with E-state index in [2.05, 4.69) is 10.6 Å². The van der Waals surface area contributed by atoms with Gasteiger partial charge in [-0.25, -0.2) is 0 Å². The van der Waals surface area contributed by atoms with Crippen LogP contribution in [0, 0.1) is 0 Å². The lowest BCUT2D eigenvalue weighted by molar-refractivity contribution is 0.0978. The summed E-state index contributed by atoms with van der Waals surface area (Å²) in [6.45, 7) is 0. The first kappa shape index (κ1) is 11.8. The minimum atomic E-state index is -0.209. The molecule has 0 fully saturated rings. The number of hydrogen-bond donors (Lipinski definition) is 2. The van der Waals surface area contributed by atoms with Crippen LogP contribution in [0.2, 0.25) is 0 Å². The van der Waals surface area contributed by atoms with E-state index in [0.717, 1.165) is 5.00 Å². The van der Waals surface area contributed by atoms with Gasteiger partial charge in [0.2, 0.25) is 0 Å². The first-order chi connectivity index (χ1) is 8.25. The van der Waals surface area contributed by atoms with Crippen molar-refractivity contribution < 1.29 is 4.79 Å². The molecule has 5 heteroatoms. The van der Waals surface area contributed by atoms with Crippen LogP contribution in [0.4, 0.5) is 5.00 Å². The third-order valence-corrected chi connectivity index (χ3v) is 3.01. The molecule has 2 aromatic rings. The lowest BCUT2D eigenvalue weighted by Crippen LogP contribution is -2.33. The number of nitrogens with one attached hydrogen (secondary N) is 2. The van der Waals surface area contributed by atoms with Gasteiger partial charge in [-0.1, -0.05) is 18.2 Å². The molecular formula is C12H10N2OS2. The van der Waals surface area contributed by atoms with Gasteiger partial charge in [0.1, 0.15) is 0 Å². The molecule has 1 aromatic carbocycles. The minimum absolute atomic E-state index is 0.209.